The molecule has 74 valence electrons. The SMILES string of the molecule is CCNS(=O)(=O)c1sc(N)nc1C. The lowest BCUT2D eigenvalue weighted by Crippen LogP contribution is -2.22. The Morgan fingerprint density at radius 1 is 1.62 bits per heavy atom. The molecule has 0 amide bonds. The average molecular weight is 221 g/mol. The molecular weight excluding hydrogens is 210 g/mol. The number of nitrogen functional groups attached to an aromatic ring is 1. The van der Waals surface area contributed by atoms with Crippen molar-refractivity contribution in [2.75, 3.05) is 12.3 Å². The lowest BCUT2D eigenvalue weighted by atomic mass is 10.6. The highest BCUT2D eigenvalue weighted by molar-refractivity contribution is 7.91. The van der Waals surface area contributed by atoms with Crippen molar-refractivity contribution in [3.8, 4) is 0 Å². The molecule has 0 aromatic carbocycles. The van der Waals surface area contributed by atoms with Crippen molar-refractivity contribution in [2.24, 2.45) is 0 Å². The van der Waals surface area contributed by atoms with E-state index in [1.54, 1.807) is 13.8 Å². The second kappa shape index (κ2) is 3.60. The molecule has 3 N–H and O–H groups in total. The number of anilines is 1. The first-order chi connectivity index (χ1) is 5.97. The number of thiazole rings is 1. The van der Waals surface area contributed by atoms with Crippen molar-refractivity contribution < 1.29 is 8.42 Å². The lowest BCUT2D eigenvalue weighted by molar-refractivity contribution is 0.585. The van der Waals surface area contributed by atoms with E-state index in [1.807, 2.05) is 0 Å². The fourth-order valence-corrected chi connectivity index (χ4v) is 3.29. The summed E-state index contributed by atoms with van der Waals surface area (Å²) in [7, 11) is -3.39. The average Bonchev–Trinajstić information content (AvgIpc) is 2.30. The molecule has 0 radical (unpaired) electrons. The predicted molar refractivity (Wildman–Crippen MR) is 52.1 cm³/mol. The molecule has 0 spiro atoms. The highest BCUT2D eigenvalue weighted by atomic mass is 32.2. The zero-order valence-corrected chi connectivity index (χ0v) is 9.00. The third-order valence-corrected chi connectivity index (χ3v) is 4.49. The van der Waals surface area contributed by atoms with Crippen LogP contribution in [-0.4, -0.2) is 19.9 Å². The van der Waals surface area contributed by atoms with Gasteiger partial charge in [-0.05, 0) is 6.92 Å². The molecule has 0 bridgehead atoms. The van der Waals surface area contributed by atoms with Crippen molar-refractivity contribution in [1.29, 1.82) is 0 Å². The third kappa shape index (κ3) is 2.17. The van der Waals surface area contributed by atoms with Crippen LogP contribution in [0.4, 0.5) is 5.13 Å². The molecule has 0 saturated carbocycles. The number of rotatable bonds is 3. The van der Waals surface area contributed by atoms with Crippen LogP contribution in [0.3, 0.4) is 0 Å². The highest BCUT2D eigenvalue weighted by Gasteiger charge is 2.19. The summed E-state index contributed by atoms with van der Waals surface area (Å²) in [6.07, 6.45) is 0. The smallest absolute Gasteiger partial charge is 0.251 e. The van der Waals surface area contributed by atoms with Gasteiger partial charge in [-0.2, -0.15) is 0 Å². The first-order valence-electron chi connectivity index (χ1n) is 3.70. The summed E-state index contributed by atoms with van der Waals surface area (Å²) < 4.78 is 25.5. The van der Waals surface area contributed by atoms with Crippen molar-refractivity contribution in [2.45, 2.75) is 18.1 Å². The van der Waals surface area contributed by atoms with Gasteiger partial charge in [-0.1, -0.05) is 18.3 Å². The van der Waals surface area contributed by atoms with E-state index in [4.69, 9.17) is 5.73 Å². The first-order valence-corrected chi connectivity index (χ1v) is 6.00. The van der Waals surface area contributed by atoms with Crippen LogP contribution < -0.4 is 10.5 Å². The monoisotopic (exact) mass is 221 g/mol. The van der Waals surface area contributed by atoms with Crippen molar-refractivity contribution >= 4 is 26.5 Å². The van der Waals surface area contributed by atoms with Gasteiger partial charge in [-0.25, -0.2) is 18.1 Å². The quantitative estimate of drug-likeness (QED) is 0.770. The molecule has 5 nitrogen and oxygen atoms in total. The Labute approximate surface area is 81.0 Å². The second-order valence-corrected chi connectivity index (χ2v) is 5.42. The molecule has 0 fully saturated rings. The minimum Gasteiger partial charge on any atom is -0.375 e. The zero-order chi connectivity index (χ0) is 10.1. The number of nitrogens with one attached hydrogen (secondary N) is 1. The topological polar surface area (TPSA) is 85.1 Å². The van der Waals surface area contributed by atoms with E-state index in [1.165, 1.54) is 0 Å². The van der Waals surface area contributed by atoms with E-state index in [0.29, 0.717) is 12.2 Å². The Morgan fingerprint density at radius 3 is 2.62 bits per heavy atom. The van der Waals surface area contributed by atoms with Crippen LogP contribution in [0, 0.1) is 6.92 Å². The molecule has 13 heavy (non-hydrogen) atoms. The Hall–Kier alpha value is -0.660. The molecule has 0 aliphatic heterocycles. The van der Waals surface area contributed by atoms with Gasteiger partial charge in [0.2, 0.25) is 0 Å². The van der Waals surface area contributed by atoms with Gasteiger partial charge >= 0.3 is 0 Å². The number of hydrogen-bond donors (Lipinski definition) is 2. The molecule has 1 aromatic heterocycles. The Kier molecular flexibility index (Phi) is 2.89. The summed E-state index contributed by atoms with van der Waals surface area (Å²) in [5.74, 6) is 0. The molecule has 1 rings (SSSR count). The molecule has 0 aliphatic rings. The van der Waals surface area contributed by atoms with Crippen molar-refractivity contribution in [1.82, 2.24) is 9.71 Å². The van der Waals surface area contributed by atoms with E-state index in [-0.39, 0.29) is 9.34 Å². The van der Waals surface area contributed by atoms with Gasteiger partial charge in [0.05, 0.1) is 5.69 Å². The Morgan fingerprint density at radius 2 is 2.23 bits per heavy atom. The molecule has 0 saturated heterocycles. The maximum Gasteiger partial charge on any atom is 0.251 e. The molecule has 1 aromatic rings. The van der Waals surface area contributed by atoms with Crippen molar-refractivity contribution in [3.05, 3.63) is 5.69 Å². The molecule has 0 unspecified atom stereocenters. The van der Waals surface area contributed by atoms with Gasteiger partial charge in [0.1, 0.15) is 0 Å². The summed E-state index contributed by atoms with van der Waals surface area (Å²) in [5.41, 5.74) is 5.84. The van der Waals surface area contributed by atoms with Crippen LogP contribution in [-0.2, 0) is 10.0 Å². The standard InChI is InChI=1S/C6H11N3O2S2/c1-3-8-13(10,11)5-4(2)9-6(7)12-5/h8H,3H2,1-2H3,(H2,7,9). The van der Waals surface area contributed by atoms with Crippen LogP contribution in [0.5, 0.6) is 0 Å². The highest BCUT2D eigenvalue weighted by Crippen LogP contribution is 2.24. The van der Waals surface area contributed by atoms with Gasteiger partial charge in [0, 0.05) is 6.54 Å². The minimum atomic E-state index is -3.39. The van der Waals surface area contributed by atoms with Gasteiger partial charge < -0.3 is 5.73 Å². The van der Waals surface area contributed by atoms with Crippen molar-refractivity contribution in [3.63, 3.8) is 0 Å². The fraction of sp³-hybridized carbons (Fsp3) is 0.500. The number of nitrogens with zero attached hydrogens (tertiary/aromatic N) is 1. The van der Waals surface area contributed by atoms with E-state index < -0.39 is 10.0 Å². The summed E-state index contributed by atoms with van der Waals surface area (Å²) in [6, 6.07) is 0. The number of nitrogens with two attached hydrogens (primary N) is 1. The van der Waals surface area contributed by atoms with Crippen LogP contribution >= 0.6 is 11.3 Å². The number of aryl methyl sites for hydroxylation is 1. The largest absolute Gasteiger partial charge is 0.375 e. The third-order valence-electron chi connectivity index (χ3n) is 1.35. The first kappa shape index (κ1) is 10.4. The van der Waals surface area contributed by atoms with Crippen LogP contribution in [0.25, 0.3) is 0 Å². The maximum atomic E-state index is 11.5. The Balaban J connectivity index is 3.14. The zero-order valence-electron chi connectivity index (χ0n) is 7.36. The summed E-state index contributed by atoms with van der Waals surface area (Å²) in [6.45, 7) is 3.70. The van der Waals surface area contributed by atoms with Gasteiger partial charge in [-0.15, -0.1) is 0 Å². The normalized spacial score (nSPS) is 11.8. The maximum absolute atomic E-state index is 11.5. The molecule has 1 heterocycles. The molecule has 0 aliphatic carbocycles. The summed E-state index contributed by atoms with van der Waals surface area (Å²) in [5, 5.41) is 0.272. The van der Waals surface area contributed by atoms with E-state index in [9.17, 15) is 8.42 Å². The van der Waals surface area contributed by atoms with E-state index in [2.05, 4.69) is 9.71 Å². The summed E-state index contributed by atoms with van der Waals surface area (Å²) >= 11 is 0.977. The van der Waals surface area contributed by atoms with E-state index >= 15 is 0 Å². The predicted octanol–water partition coefficient (Wildman–Crippen LogP) is 0.332. The lowest BCUT2D eigenvalue weighted by Gasteiger charge is -2.00. The summed E-state index contributed by atoms with van der Waals surface area (Å²) in [4.78, 5) is 3.84. The van der Waals surface area contributed by atoms with Crippen LogP contribution in [0.15, 0.2) is 4.21 Å². The number of aromatic nitrogens is 1. The van der Waals surface area contributed by atoms with Gasteiger partial charge in [0.25, 0.3) is 10.0 Å². The minimum absolute atomic E-state index is 0.201. The van der Waals surface area contributed by atoms with Crippen LogP contribution in [0.2, 0.25) is 0 Å². The number of sulfonamides is 1. The fourth-order valence-electron chi connectivity index (χ4n) is 0.907. The number of hydrogen-bond acceptors (Lipinski definition) is 5. The van der Waals surface area contributed by atoms with Gasteiger partial charge in [-0.3, -0.25) is 0 Å². The van der Waals surface area contributed by atoms with Gasteiger partial charge in [0.15, 0.2) is 9.34 Å². The Bertz CT molecular complexity index is 396. The second-order valence-electron chi connectivity index (χ2n) is 2.43. The molecule has 0 atom stereocenters. The van der Waals surface area contributed by atoms with Crippen LogP contribution in [0.1, 0.15) is 12.6 Å². The molecule has 7 heteroatoms. The van der Waals surface area contributed by atoms with E-state index in [0.717, 1.165) is 11.3 Å². The molecular formula is C6H11N3O2S2.